The minimum absolute atomic E-state index is 0.342. The van der Waals surface area contributed by atoms with E-state index in [1.54, 1.807) is 12.5 Å². The first kappa shape index (κ1) is 9.31. The van der Waals surface area contributed by atoms with Crippen LogP contribution in [0.15, 0.2) is 23.0 Å². The molecule has 1 fully saturated rings. The van der Waals surface area contributed by atoms with Crippen LogP contribution in [-0.2, 0) is 11.2 Å². The van der Waals surface area contributed by atoms with Gasteiger partial charge in [-0.15, -0.1) is 0 Å². The van der Waals surface area contributed by atoms with Gasteiger partial charge in [-0.1, -0.05) is 0 Å². The number of aliphatic carboxylic acids is 1. The van der Waals surface area contributed by atoms with Crippen molar-refractivity contribution in [3.63, 3.8) is 0 Å². The molecule has 1 aromatic rings. The molecule has 1 N–H and O–H groups in total. The molecule has 14 heavy (non-hydrogen) atoms. The standard InChI is InChI=1S/C11H14O3/c1-11(10(12)13,9-2-3-9)6-8-4-5-14-7-8/h4-5,7,9H,2-3,6H2,1H3,(H,12,13). The molecule has 0 saturated heterocycles. The van der Waals surface area contributed by atoms with Crippen LogP contribution in [-0.4, -0.2) is 11.1 Å². The second-order valence-corrected chi connectivity index (χ2v) is 4.31. The van der Waals surface area contributed by atoms with Crippen molar-refractivity contribution in [3.8, 4) is 0 Å². The van der Waals surface area contributed by atoms with Crippen molar-refractivity contribution >= 4 is 5.97 Å². The molecule has 3 heteroatoms. The molecule has 0 aromatic carbocycles. The molecule has 0 aliphatic heterocycles. The topological polar surface area (TPSA) is 50.4 Å². The van der Waals surface area contributed by atoms with Crippen LogP contribution in [0.2, 0.25) is 0 Å². The molecule has 0 amide bonds. The lowest BCUT2D eigenvalue weighted by atomic mass is 9.79. The van der Waals surface area contributed by atoms with E-state index in [0.717, 1.165) is 18.4 Å². The number of furan rings is 1. The third-order valence-corrected chi connectivity index (χ3v) is 3.12. The Hall–Kier alpha value is -1.25. The molecule has 1 aliphatic carbocycles. The first-order chi connectivity index (χ1) is 6.63. The number of carbonyl (C=O) groups is 1. The summed E-state index contributed by atoms with van der Waals surface area (Å²) < 4.78 is 4.95. The van der Waals surface area contributed by atoms with Crippen LogP contribution in [0, 0.1) is 11.3 Å². The smallest absolute Gasteiger partial charge is 0.309 e. The SMILES string of the molecule is CC(Cc1ccoc1)(C(=O)O)C1CC1. The van der Waals surface area contributed by atoms with Crippen molar-refractivity contribution in [1.82, 2.24) is 0 Å². The Morgan fingerprint density at radius 2 is 2.43 bits per heavy atom. The maximum atomic E-state index is 11.2. The summed E-state index contributed by atoms with van der Waals surface area (Å²) in [7, 11) is 0. The third kappa shape index (κ3) is 1.54. The van der Waals surface area contributed by atoms with Gasteiger partial charge < -0.3 is 9.52 Å². The van der Waals surface area contributed by atoms with Crippen LogP contribution in [0.3, 0.4) is 0 Å². The van der Waals surface area contributed by atoms with Crippen LogP contribution < -0.4 is 0 Å². The van der Waals surface area contributed by atoms with E-state index in [-0.39, 0.29) is 0 Å². The average Bonchev–Trinajstić information content (AvgIpc) is 2.87. The second kappa shape index (κ2) is 3.15. The van der Waals surface area contributed by atoms with Gasteiger partial charge in [0.15, 0.2) is 0 Å². The Labute approximate surface area is 82.7 Å². The van der Waals surface area contributed by atoms with E-state index in [1.165, 1.54) is 0 Å². The summed E-state index contributed by atoms with van der Waals surface area (Å²) in [6.07, 6.45) is 5.87. The van der Waals surface area contributed by atoms with Crippen LogP contribution in [0.4, 0.5) is 0 Å². The summed E-state index contributed by atoms with van der Waals surface area (Å²) >= 11 is 0. The Balaban J connectivity index is 2.15. The molecule has 1 aliphatic rings. The van der Waals surface area contributed by atoms with Gasteiger partial charge in [0, 0.05) is 0 Å². The number of carboxylic acids is 1. The highest BCUT2D eigenvalue weighted by molar-refractivity contribution is 5.75. The fraction of sp³-hybridized carbons (Fsp3) is 0.545. The van der Waals surface area contributed by atoms with Crippen LogP contribution >= 0.6 is 0 Å². The van der Waals surface area contributed by atoms with Crippen molar-refractivity contribution in [1.29, 1.82) is 0 Å². The van der Waals surface area contributed by atoms with Crippen molar-refractivity contribution in [2.45, 2.75) is 26.2 Å². The number of carboxylic acid groups (broad SMARTS) is 1. The summed E-state index contributed by atoms with van der Waals surface area (Å²) in [6, 6.07) is 1.84. The van der Waals surface area contributed by atoms with E-state index in [2.05, 4.69) is 0 Å². The maximum Gasteiger partial charge on any atom is 0.309 e. The lowest BCUT2D eigenvalue weighted by Crippen LogP contribution is -2.32. The zero-order valence-corrected chi connectivity index (χ0v) is 8.19. The predicted octanol–water partition coefficient (Wildman–Crippen LogP) is 2.32. The summed E-state index contributed by atoms with van der Waals surface area (Å²) in [5, 5.41) is 9.21. The number of hydrogen-bond acceptors (Lipinski definition) is 2. The molecule has 0 spiro atoms. The molecule has 76 valence electrons. The molecular weight excluding hydrogens is 180 g/mol. The highest BCUT2D eigenvalue weighted by Crippen LogP contribution is 2.47. The zero-order chi connectivity index (χ0) is 10.2. The molecule has 1 saturated carbocycles. The quantitative estimate of drug-likeness (QED) is 0.800. The molecule has 2 rings (SSSR count). The molecular formula is C11H14O3. The highest BCUT2D eigenvalue weighted by atomic mass is 16.4. The Bertz CT molecular complexity index is 324. The molecule has 0 bridgehead atoms. The van der Waals surface area contributed by atoms with Gasteiger partial charge in [-0.2, -0.15) is 0 Å². The normalized spacial score (nSPS) is 20.4. The number of rotatable bonds is 4. The largest absolute Gasteiger partial charge is 0.481 e. The van der Waals surface area contributed by atoms with Gasteiger partial charge >= 0.3 is 5.97 Å². The molecule has 1 heterocycles. The fourth-order valence-corrected chi connectivity index (χ4v) is 1.93. The van der Waals surface area contributed by atoms with Gasteiger partial charge in [-0.05, 0) is 43.7 Å². The van der Waals surface area contributed by atoms with E-state index in [1.807, 2.05) is 13.0 Å². The molecule has 1 unspecified atom stereocenters. The van der Waals surface area contributed by atoms with Gasteiger partial charge in [-0.25, -0.2) is 0 Å². The van der Waals surface area contributed by atoms with Gasteiger partial charge in [0.2, 0.25) is 0 Å². The third-order valence-electron chi connectivity index (χ3n) is 3.12. The van der Waals surface area contributed by atoms with E-state index in [9.17, 15) is 9.90 Å². The van der Waals surface area contributed by atoms with Crippen LogP contribution in [0.1, 0.15) is 25.3 Å². The van der Waals surface area contributed by atoms with Crippen molar-refractivity contribution in [2.75, 3.05) is 0 Å². The average molecular weight is 194 g/mol. The van der Waals surface area contributed by atoms with E-state index < -0.39 is 11.4 Å². The van der Waals surface area contributed by atoms with Gasteiger partial charge in [-0.3, -0.25) is 4.79 Å². The monoisotopic (exact) mass is 194 g/mol. The highest BCUT2D eigenvalue weighted by Gasteiger charge is 2.47. The first-order valence-electron chi connectivity index (χ1n) is 4.87. The van der Waals surface area contributed by atoms with Crippen molar-refractivity contribution < 1.29 is 14.3 Å². The summed E-state index contributed by atoms with van der Waals surface area (Å²) in [4.78, 5) is 11.2. The van der Waals surface area contributed by atoms with E-state index >= 15 is 0 Å². The van der Waals surface area contributed by atoms with Crippen molar-refractivity contribution in [2.24, 2.45) is 11.3 Å². The Kier molecular flexibility index (Phi) is 2.10. The fourth-order valence-electron chi connectivity index (χ4n) is 1.93. The minimum Gasteiger partial charge on any atom is -0.481 e. The van der Waals surface area contributed by atoms with Crippen molar-refractivity contribution in [3.05, 3.63) is 24.2 Å². The first-order valence-corrected chi connectivity index (χ1v) is 4.87. The maximum absolute atomic E-state index is 11.2. The van der Waals surface area contributed by atoms with E-state index in [0.29, 0.717) is 12.3 Å². The number of hydrogen-bond donors (Lipinski definition) is 1. The van der Waals surface area contributed by atoms with Crippen LogP contribution in [0.25, 0.3) is 0 Å². The van der Waals surface area contributed by atoms with Gasteiger partial charge in [0.1, 0.15) is 0 Å². The van der Waals surface area contributed by atoms with E-state index in [4.69, 9.17) is 4.42 Å². The lowest BCUT2D eigenvalue weighted by Gasteiger charge is -2.23. The molecule has 3 nitrogen and oxygen atoms in total. The Morgan fingerprint density at radius 3 is 2.86 bits per heavy atom. The van der Waals surface area contributed by atoms with Gasteiger partial charge in [0.25, 0.3) is 0 Å². The zero-order valence-electron chi connectivity index (χ0n) is 8.19. The second-order valence-electron chi connectivity index (χ2n) is 4.31. The molecule has 1 atom stereocenters. The Morgan fingerprint density at radius 1 is 1.71 bits per heavy atom. The summed E-state index contributed by atoms with van der Waals surface area (Å²) in [5.41, 5.74) is 0.367. The summed E-state index contributed by atoms with van der Waals surface area (Å²) in [5.74, 6) is -0.351. The summed E-state index contributed by atoms with van der Waals surface area (Å²) in [6.45, 7) is 1.83. The molecule has 1 aromatic heterocycles. The minimum atomic E-state index is -0.693. The van der Waals surface area contributed by atoms with Crippen LogP contribution in [0.5, 0.6) is 0 Å². The van der Waals surface area contributed by atoms with Gasteiger partial charge in [0.05, 0.1) is 17.9 Å². The lowest BCUT2D eigenvalue weighted by molar-refractivity contribution is -0.149. The molecule has 0 radical (unpaired) electrons. The predicted molar refractivity (Wildman–Crippen MR) is 50.9 cm³/mol.